The lowest BCUT2D eigenvalue weighted by Crippen LogP contribution is -2.50. The Morgan fingerprint density at radius 3 is 2.31 bits per heavy atom. The molecule has 2 atom stereocenters. The first-order valence-electron chi connectivity index (χ1n) is 8.46. The van der Waals surface area contributed by atoms with Crippen LogP contribution in [-0.2, 0) is 14.3 Å². The number of hydrogen-bond donors (Lipinski definition) is 2. The first kappa shape index (κ1) is 20.7. The molecule has 1 aliphatic rings. The Kier molecular flexibility index (Phi) is 5.46. The highest BCUT2D eigenvalue weighted by atomic mass is 79.9. The predicted molar refractivity (Wildman–Crippen MR) is 101 cm³/mol. The molecule has 0 heterocycles. The Morgan fingerprint density at radius 2 is 1.81 bits per heavy atom. The molecule has 6 nitrogen and oxygen atoms in total. The summed E-state index contributed by atoms with van der Waals surface area (Å²) in [5.41, 5.74) is -2.34. The lowest BCUT2D eigenvalue weighted by Gasteiger charge is -2.27. The van der Waals surface area contributed by atoms with Gasteiger partial charge in [0.25, 0.3) is 5.91 Å². The van der Waals surface area contributed by atoms with Crippen molar-refractivity contribution in [2.24, 2.45) is 0 Å². The van der Waals surface area contributed by atoms with Gasteiger partial charge in [-0.25, -0.2) is 4.79 Å². The van der Waals surface area contributed by atoms with Crippen LogP contribution in [0, 0.1) is 0 Å². The van der Waals surface area contributed by atoms with E-state index in [0.717, 1.165) is 0 Å². The van der Waals surface area contributed by atoms with Gasteiger partial charge in [-0.05, 0) is 59.7 Å². The molecule has 0 spiro atoms. The highest BCUT2D eigenvalue weighted by molar-refractivity contribution is 9.10. The zero-order chi connectivity index (χ0) is 19.9. The first-order valence-corrected chi connectivity index (χ1v) is 9.25. The van der Waals surface area contributed by atoms with Crippen LogP contribution in [0.2, 0.25) is 0 Å². The van der Waals surface area contributed by atoms with Crippen LogP contribution in [0.25, 0.3) is 0 Å². The molecule has 2 N–H and O–H groups in total. The Morgan fingerprint density at radius 1 is 1.19 bits per heavy atom. The lowest BCUT2D eigenvalue weighted by atomic mass is 10.1. The van der Waals surface area contributed by atoms with E-state index in [4.69, 9.17) is 9.47 Å². The Balaban J connectivity index is 2.25. The fraction of sp³-hybridized carbons (Fsp3) is 0.579. The second-order valence-corrected chi connectivity index (χ2v) is 9.43. The van der Waals surface area contributed by atoms with Crippen molar-refractivity contribution in [3.05, 3.63) is 28.2 Å². The number of phenols is 1. The summed E-state index contributed by atoms with van der Waals surface area (Å²) in [5, 5.41) is 12.7. The third-order valence-electron chi connectivity index (χ3n) is 3.70. The maximum atomic E-state index is 12.8. The molecule has 0 aliphatic heterocycles. The van der Waals surface area contributed by atoms with Crippen molar-refractivity contribution >= 4 is 27.8 Å². The van der Waals surface area contributed by atoms with Crippen molar-refractivity contribution in [1.82, 2.24) is 5.32 Å². The number of rotatable bonds is 4. The molecule has 1 saturated carbocycles. The number of amides is 1. The fourth-order valence-electron chi connectivity index (χ4n) is 2.54. The van der Waals surface area contributed by atoms with E-state index in [-0.39, 0.29) is 11.3 Å². The van der Waals surface area contributed by atoms with Gasteiger partial charge in [0.2, 0.25) is 0 Å². The van der Waals surface area contributed by atoms with Gasteiger partial charge in [0.1, 0.15) is 11.4 Å². The van der Waals surface area contributed by atoms with Gasteiger partial charge in [0.05, 0.1) is 17.3 Å². The number of phenolic OH excluding ortho intramolecular Hbond substituents is 1. The normalized spacial score (nSPS) is 22.7. The molecule has 1 aromatic rings. The predicted octanol–water partition coefficient (Wildman–Crippen LogP) is 3.55. The average molecular weight is 428 g/mol. The maximum Gasteiger partial charge on any atom is 0.335 e. The molecule has 26 heavy (non-hydrogen) atoms. The molecule has 0 bridgehead atoms. The lowest BCUT2D eigenvalue weighted by molar-refractivity contribution is -0.161. The standard InChI is InChI=1S/C19H26BrNO5/c1-17(2,3)25-14-10-19(14,16(24)26-18(4,5)6)21-15(23)12-8-7-11(20)9-13(12)22/h7-9,14,22H,10H2,1-6H3,(H,21,23). The number of halogens is 1. The van der Waals surface area contributed by atoms with Crippen LogP contribution in [0.3, 0.4) is 0 Å². The highest BCUT2D eigenvalue weighted by Gasteiger charge is 2.65. The summed E-state index contributed by atoms with van der Waals surface area (Å²) in [4.78, 5) is 25.4. The quantitative estimate of drug-likeness (QED) is 0.717. The molecule has 7 heteroatoms. The average Bonchev–Trinajstić information content (AvgIpc) is 3.07. The second-order valence-electron chi connectivity index (χ2n) is 8.51. The second kappa shape index (κ2) is 6.85. The molecule has 0 radical (unpaired) electrons. The SMILES string of the molecule is CC(C)(C)OC(=O)C1(NC(=O)c2ccc(Br)cc2O)CC1OC(C)(C)C. The van der Waals surface area contributed by atoms with Crippen molar-refractivity contribution in [2.75, 3.05) is 0 Å². The Labute approximate surface area is 162 Å². The van der Waals surface area contributed by atoms with Gasteiger partial charge in [0.15, 0.2) is 5.54 Å². The van der Waals surface area contributed by atoms with Crippen LogP contribution in [0.1, 0.15) is 58.3 Å². The summed E-state index contributed by atoms with van der Waals surface area (Å²) in [6.45, 7) is 10.9. The van der Waals surface area contributed by atoms with E-state index >= 15 is 0 Å². The summed E-state index contributed by atoms with van der Waals surface area (Å²) in [6.07, 6.45) is -0.165. The molecule has 1 fully saturated rings. The van der Waals surface area contributed by atoms with Crippen molar-refractivity contribution in [1.29, 1.82) is 0 Å². The zero-order valence-corrected chi connectivity index (χ0v) is 17.6. The molecule has 0 saturated heterocycles. The van der Waals surface area contributed by atoms with E-state index in [1.165, 1.54) is 12.1 Å². The zero-order valence-electron chi connectivity index (χ0n) is 16.0. The Bertz CT molecular complexity index is 720. The van der Waals surface area contributed by atoms with Gasteiger partial charge >= 0.3 is 5.97 Å². The minimum absolute atomic E-state index is 0.0811. The van der Waals surface area contributed by atoms with Gasteiger partial charge < -0.3 is 19.9 Å². The Hall–Kier alpha value is -1.60. The van der Waals surface area contributed by atoms with E-state index < -0.39 is 34.7 Å². The van der Waals surface area contributed by atoms with Crippen LogP contribution in [0.15, 0.2) is 22.7 Å². The summed E-state index contributed by atoms with van der Waals surface area (Å²) in [5.74, 6) is -1.27. The van der Waals surface area contributed by atoms with Gasteiger partial charge in [-0.15, -0.1) is 0 Å². The summed E-state index contributed by atoms with van der Waals surface area (Å²) >= 11 is 3.23. The minimum Gasteiger partial charge on any atom is -0.507 e. The number of nitrogens with one attached hydrogen (secondary N) is 1. The van der Waals surface area contributed by atoms with Crippen molar-refractivity contribution < 1.29 is 24.2 Å². The molecular formula is C19H26BrNO5. The van der Waals surface area contributed by atoms with Gasteiger partial charge in [-0.1, -0.05) is 15.9 Å². The largest absolute Gasteiger partial charge is 0.507 e. The topological polar surface area (TPSA) is 84.9 Å². The number of benzene rings is 1. The summed E-state index contributed by atoms with van der Waals surface area (Å²) in [7, 11) is 0. The summed E-state index contributed by atoms with van der Waals surface area (Å²) in [6, 6.07) is 4.55. The minimum atomic E-state index is -1.25. The molecule has 0 aromatic heterocycles. The van der Waals surface area contributed by atoms with Crippen LogP contribution >= 0.6 is 15.9 Å². The van der Waals surface area contributed by atoms with Gasteiger partial charge in [-0.3, -0.25) is 4.79 Å². The first-order chi connectivity index (χ1) is 11.7. The van der Waals surface area contributed by atoms with Crippen LogP contribution in [0.5, 0.6) is 5.75 Å². The number of hydrogen-bond acceptors (Lipinski definition) is 5. The van der Waals surface area contributed by atoms with Crippen LogP contribution in [-0.4, -0.2) is 39.8 Å². The van der Waals surface area contributed by atoms with Crippen LogP contribution in [0.4, 0.5) is 0 Å². The van der Waals surface area contributed by atoms with E-state index in [2.05, 4.69) is 21.2 Å². The van der Waals surface area contributed by atoms with E-state index in [1.807, 2.05) is 20.8 Å². The smallest absolute Gasteiger partial charge is 0.335 e. The van der Waals surface area contributed by atoms with Gasteiger partial charge in [-0.2, -0.15) is 0 Å². The maximum absolute atomic E-state index is 12.8. The van der Waals surface area contributed by atoms with E-state index in [1.54, 1.807) is 26.8 Å². The van der Waals surface area contributed by atoms with E-state index in [9.17, 15) is 14.7 Å². The number of ether oxygens (including phenoxy) is 2. The third-order valence-corrected chi connectivity index (χ3v) is 4.19. The molecule has 1 amide bonds. The van der Waals surface area contributed by atoms with Crippen molar-refractivity contribution in [2.45, 2.75) is 70.8 Å². The monoisotopic (exact) mass is 427 g/mol. The number of esters is 1. The summed E-state index contributed by atoms with van der Waals surface area (Å²) < 4.78 is 12.0. The molecular weight excluding hydrogens is 402 g/mol. The van der Waals surface area contributed by atoms with Crippen molar-refractivity contribution in [3.63, 3.8) is 0 Å². The number of aromatic hydroxyl groups is 1. The molecule has 1 aromatic carbocycles. The number of carbonyl (C=O) groups is 2. The van der Waals surface area contributed by atoms with Crippen molar-refractivity contribution in [3.8, 4) is 5.75 Å². The molecule has 144 valence electrons. The molecule has 2 rings (SSSR count). The van der Waals surface area contributed by atoms with Crippen LogP contribution < -0.4 is 5.32 Å². The molecule has 2 unspecified atom stereocenters. The number of carbonyl (C=O) groups excluding carboxylic acids is 2. The van der Waals surface area contributed by atoms with E-state index in [0.29, 0.717) is 10.9 Å². The highest BCUT2D eigenvalue weighted by Crippen LogP contribution is 2.43. The molecule has 1 aliphatic carbocycles. The van der Waals surface area contributed by atoms with Gasteiger partial charge in [0, 0.05) is 10.9 Å². The fourth-order valence-corrected chi connectivity index (χ4v) is 2.88. The third kappa shape index (κ3) is 4.98.